The molecule has 2 heterocycles. The molecule has 0 amide bonds. The molecule has 0 bridgehead atoms. The molecule has 3 rings (SSSR count). The Kier molecular flexibility index (Phi) is 6.95. The third-order valence-electron chi connectivity index (χ3n) is 4.91. The lowest BCUT2D eigenvalue weighted by Crippen LogP contribution is -2.38. The minimum atomic E-state index is -0.169. The number of hydrogen-bond acceptors (Lipinski definition) is 3. The van der Waals surface area contributed by atoms with Crippen LogP contribution < -0.4 is 0 Å². The second-order valence-corrected chi connectivity index (χ2v) is 6.88. The highest BCUT2D eigenvalue weighted by Gasteiger charge is 2.13. The van der Waals surface area contributed by atoms with Crippen LogP contribution in [-0.2, 0) is 13.0 Å². The monoisotopic (exact) mass is 341 g/mol. The smallest absolute Gasteiger partial charge is 0.123 e. The van der Waals surface area contributed by atoms with Crippen molar-refractivity contribution in [3.8, 4) is 0 Å². The maximum absolute atomic E-state index is 13.2. The summed E-state index contributed by atoms with van der Waals surface area (Å²) in [7, 11) is 0. The molecule has 134 valence electrons. The summed E-state index contributed by atoms with van der Waals surface area (Å²) in [6.45, 7) is 6.45. The van der Waals surface area contributed by atoms with Crippen LogP contribution in [0.3, 0.4) is 0 Å². The highest BCUT2D eigenvalue weighted by Crippen LogP contribution is 2.11. The highest BCUT2D eigenvalue weighted by molar-refractivity contribution is 5.16. The van der Waals surface area contributed by atoms with Crippen LogP contribution in [0.5, 0.6) is 0 Å². The second-order valence-electron chi connectivity index (χ2n) is 6.88. The van der Waals surface area contributed by atoms with E-state index in [9.17, 15) is 4.39 Å². The Morgan fingerprint density at radius 1 is 0.960 bits per heavy atom. The van der Waals surface area contributed by atoms with E-state index >= 15 is 0 Å². The minimum Gasteiger partial charge on any atom is -0.302 e. The molecule has 0 N–H and O–H groups in total. The maximum atomic E-state index is 13.2. The standard InChI is InChI=1S/C21H28FN3/c22-20-9-7-19(8-10-20)18-25(15-11-21-6-2-3-12-23-21)17-16-24-13-4-1-5-14-24/h2-3,6-10,12H,1,4-5,11,13-18H2. The van der Waals surface area contributed by atoms with Crippen molar-refractivity contribution in [1.82, 2.24) is 14.8 Å². The molecule has 1 aromatic carbocycles. The van der Waals surface area contributed by atoms with Gasteiger partial charge in [0.1, 0.15) is 5.82 Å². The number of nitrogens with zero attached hydrogens (tertiary/aromatic N) is 3. The summed E-state index contributed by atoms with van der Waals surface area (Å²) in [4.78, 5) is 9.47. The Morgan fingerprint density at radius 3 is 2.48 bits per heavy atom. The third-order valence-corrected chi connectivity index (χ3v) is 4.91. The van der Waals surface area contributed by atoms with E-state index in [1.165, 1.54) is 37.9 Å². The number of likely N-dealkylation sites (tertiary alicyclic amines) is 1. The summed E-state index contributed by atoms with van der Waals surface area (Å²) in [5, 5.41) is 0. The molecule has 0 radical (unpaired) electrons. The normalized spacial score (nSPS) is 15.6. The molecule has 0 aliphatic carbocycles. The van der Waals surface area contributed by atoms with Crippen molar-refractivity contribution < 1.29 is 4.39 Å². The second kappa shape index (κ2) is 9.64. The van der Waals surface area contributed by atoms with Crippen molar-refractivity contribution in [2.45, 2.75) is 32.2 Å². The van der Waals surface area contributed by atoms with Crippen LogP contribution in [0.25, 0.3) is 0 Å². The molecule has 2 aromatic rings. The number of halogens is 1. The first-order valence-corrected chi connectivity index (χ1v) is 9.39. The van der Waals surface area contributed by atoms with Gasteiger partial charge in [-0.25, -0.2) is 4.39 Å². The SMILES string of the molecule is Fc1ccc(CN(CCc2ccccn2)CCN2CCCCC2)cc1. The Morgan fingerprint density at radius 2 is 1.76 bits per heavy atom. The quantitative estimate of drug-likeness (QED) is 0.729. The zero-order valence-corrected chi connectivity index (χ0v) is 14.9. The molecular weight excluding hydrogens is 313 g/mol. The van der Waals surface area contributed by atoms with Crippen molar-refractivity contribution in [2.24, 2.45) is 0 Å². The predicted molar refractivity (Wildman–Crippen MR) is 99.9 cm³/mol. The van der Waals surface area contributed by atoms with Gasteiger partial charge >= 0.3 is 0 Å². The van der Waals surface area contributed by atoms with Gasteiger partial charge in [-0.1, -0.05) is 24.6 Å². The average molecular weight is 341 g/mol. The summed E-state index contributed by atoms with van der Waals surface area (Å²) in [5.74, 6) is -0.169. The largest absolute Gasteiger partial charge is 0.302 e. The van der Waals surface area contributed by atoms with Gasteiger partial charge < -0.3 is 4.90 Å². The number of pyridine rings is 1. The zero-order chi connectivity index (χ0) is 17.3. The maximum Gasteiger partial charge on any atom is 0.123 e. The molecule has 1 aliphatic rings. The van der Waals surface area contributed by atoms with Crippen molar-refractivity contribution in [2.75, 3.05) is 32.7 Å². The average Bonchev–Trinajstić information content (AvgIpc) is 2.67. The van der Waals surface area contributed by atoms with Crippen molar-refractivity contribution in [1.29, 1.82) is 0 Å². The number of rotatable bonds is 8. The van der Waals surface area contributed by atoms with Gasteiger partial charge in [0.15, 0.2) is 0 Å². The number of piperidine rings is 1. The lowest BCUT2D eigenvalue weighted by Gasteiger charge is -2.30. The van der Waals surface area contributed by atoms with Gasteiger partial charge in [0, 0.05) is 44.5 Å². The van der Waals surface area contributed by atoms with E-state index in [0.717, 1.165) is 38.3 Å². The third kappa shape index (κ3) is 6.22. The Bertz CT molecular complexity index is 609. The van der Waals surface area contributed by atoms with E-state index in [-0.39, 0.29) is 5.82 Å². The Balaban J connectivity index is 1.56. The van der Waals surface area contributed by atoms with Crippen molar-refractivity contribution in [3.05, 3.63) is 65.7 Å². The fourth-order valence-corrected chi connectivity index (χ4v) is 3.40. The highest BCUT2D eigenvalue weighted by atomic mass is 19.1. The first-order valence-electron chi connectivity index (χ1n) is 9.39. The molecule has 4 heteroatoms. The van der Waals surface area contributed by atoms with E-state index in [1.807, 2.05) is 30.5 Å². The number of benzene rings is 1. The molecule has 0 unspecified atom stereocenters. The molecule has 1 fully saturated rings. The topological polar surface area (TPSA) is 19.4 Å². The first kappa shape index (κ1) is 18.0. The van der Waals surface area contributed by atoms with E-state index in [0.29, 0.717) is 0 Å². The van der Waals surface area contributed by atoms with E-state index < -0.39 is 0 Å². The van der Waals surface area contributed by atoms with Gasteiger partial charge in [-0.3, -0.25) is 9.88 Å². The molecule has 1 saturated heterocycles. The van der Waals surface area contributed by atoms with Crippen LogP contribution in [0.1, 0.15) is 30.5 Å². The van der Waals surface area contributed by atoms with Crippen LogP contribution in [0.4, 0.5) is 4.39 Å². The summed E-state index contributed by atoms with van der Waals surface area (Å²) in [6, 6.07) is 13.0. The summed E-state index contributed by atoms with van der Waals surface area (Å²) in [6.07, 6.45) is 6.82. The molecule has 0 saturated carbocycles. The van der Waals surface area contributed by atoms with Crippen LogP contribution in [0.2, 0.25) is 0 Å². The van der Waals surface area contributed by atoms with E-state index in [4.69, 9.17) is 0 Å². The minimum absolute atomic E-state index is 0.169. The lowest BCUT2D eigenvalue weighted by molar-refractivity contribution is 0.178. The van der Waals surface area contributed by atoms with Crippen molar-refractivity contribution >= 4 is 0 Å². The van der Waals surface area contributed by atoms with Gasteiger partial charge in [0.05, 0.1) is 0 Å². The van der Waals surface area contributed by atoms with Crippen LogP contribution in [0, 0.1) is 5.82 Å². The molecule has 25 heavy (non-hydrogen) atoms. The number of hydrogen-bond donors (Lipinski definition) is 0. The molecule has 1 aromatic heterocycles. The van der Waals surface area contributed by atoms with Crippen LogP contribution in [0.15, 0.2) is 48.7 Å². The van der Waals surface area contributed by atoms with Crippen LogP contribution in [-0.4, -0.2) is 47.5 Å². The van der Waals surface area contributed by atoms with Gasteiger partial charge in [-0.05, 0) is 55.8 Å². The van der Waals surface area contributed by atoms with Crippen molar-refractivity contribution in [3.63, 3.8) is 0 Å². The lowest BCUT2D eigenvalue weighted by atomic mass is 10.1. The Hall–Kier alpha value is -1.78. The van der Waals surface area contributed by atoms with Gasteiger partial charge in [-0.15, -0.1) is 0 Å². The van der Waals surface area contributed by atoms with Gasteiger partial charge in [-0.2, -0.15) is 0 Å². The van der Waals surface area contributed by atoms with Crippen LogP contribution >= 0.6 is 0 Å². The summed E-state index contributed by atoms with van der Waals surface area (Å²) in [5.41, 5.74) is 2.30. The summed E-state index contributed by atoms with van der Waals surface area (Å²) >= 11 is 0. The molecule has 1 aliphatic heterocycles. The van der Waals surface area contributed by atoms with E-state index in [2.05, 4.69) is 20.9 Å². The molecule has 0 spiro atoms. The molecule has 3 nitrogen and oxygen atoms in total. The molecule has 0 atom stereocenters. The van der Waals surface area contributed by atoms with E-state index in [1.54, 1.807) is 12.1 Å². The van der Waals surface area contributed by atoms with Gasteiger partial charge in [0.2, 0.25) is 0 Å². The zero-order valence-electron chi connectivity index (χ0n) is 14.9. The Labute approximate surface area is 150 Å². The number of aromatic nitrogens is 1. The molecular formula is C21H28FN3. The van der Waals surface area contributed by atoms with Gasteiger partial charge in [0.25, 0.3) is 0 Å². The first-order chi connectivity index (χ1) is 12.3. The fraction of sp³-hybridized carbons (Fsp3) is 0.476. The fourth-order valence-electron chi connectivity index (χ4n) is 3.40. The summed E-state index contributed by atoms with van der Waals surface area (Å²) < 4.78 is 13.2. The predicted octanol–water partition coefficient (Wildman–Crippen LogP) is 3.75.